The Hall–Kier alpha value is -3.70. The van der Waals surface area contributed by atoms with Crippen LogP contribution >= 0.6 is 0 Å². The highest BCUT2D eigenvalue weighted by molar-refractivity contribution is 5.98. The molecule has 2 N–H and O–H groups in total. The van der Waals surface area contributed by atoms with Gasteiger partial charge in [0.2, 0.25) is 0 Å². The molecule has 0 unspecified atom stereocenters. The van der Waals surface area contributed by atoms with Crippen molar-refractivity contribution in [3.05, 3.63) is 113 Å². The van der Waals surface area contributed by atoms with Crippen LogP contribution < -0.4 is 5.32 Å². The molecule has 0 saturated heterocycles. The van der Waals surface area contributed by atoms with E-state index in [0.717, 1.165) is 27.6 Å². The number of aromatic nitrogens is 1. The van der Waals surface area contributed by atoms with Crippen molar-refractivity contribution in [2.24, 2.45) is 0 Å². The van der Waals surface area contributed by atoms with Gasteiger partial charge in [0, 0.05) is 41.7 Å². The number of aryl methyl sites for hydroxylation is 1. The smallest absolute Gasteiger partial charge is 0.352 e. The Labute approximate surface area is 186 Å². The van der Waals surface area contributed by atoms with Crippen LogP contribution in [0.3, 0.4) is 0 Å². The lowest BCUT2D eigenvalue weighted by molar-refractivity contribution is 0.0684. The first kappa shape index (κ1) is 21.5. The van der Waals surface area contributed by atoms with E-state index in [2.05, 4.69) is 11.9 Å². The van der Waals surface area contributed by atoms with Crippen LogP contribution in [0, 0.1) is 12.7 Å². The number of fused-ring (bicyclic) bond motifs is 1. The molecule has 32 heavy (non-hydrogen) atoms. The van der Waals surface area contributed by atoms with Gasteiger partial charge in [0.25, 0.3) is 0 Å². The zero-order valence-corrected chi connectivity index (χ0v) is 17.9. The molecule has 0 fully saturated rings. The van der Waals surface area contributed by atoms with E-state index in [4.69, 9.17) is 0 Å². The molecule has 4 nitrogen and oxygen atoms in total. The summed E-state index contributed by atoms with van der Waals surface area (Å²) in [4.78, 5) is 12.4. The summed E-state index contributed by atoms with van der Waals surface area (Å²) in [6.07, 6.45) is 1.78. The topological polar surface area (TPSA) is 54.3 Å². The molecule has 0 atom stereocenters. The Balaban J connectivity index is 1.72. The van der Waals surface area contributed by atoms with Crippen molar-refractivity contribution in [3.63, 3.8) is 0 Å². The lowest BCUT2D eigenvalue weighted by Gasteiger charge is -2.11. The Morgan fingerprint density at radius 2 is 1.84 bits per heavy atom. The minimum absolute atomic E-state index is 0.249. The number of carboxylic acid groups (broad SMARTS) is 1. The number of carboxylic acids is 1. The molecule has 3 aromatic carbocycles. The zero-order chi connectivity index (χ0) is 22.7. The van der Waals surface area contributed by atoms with E-state index in [1.54, 1.807) is 24.3 Å². The number of halogens is 1. The molecule has 1 aromatic heterocycles. The summed E-state index contributed by atoms with van der Waals surface area (Å²) in [6.45, 7) is 6.84. The number of aromatic carboxylic acids is 1. The summed E-state index contributed by atoms with van der Waals surface area (Å²) < 4.78 is 15.8. The molecule has 0 amide bonds. The Morgan fingerprint density at radius 3 is 2.53 bits per heavy atom. The number of hydrogen-bond donors (Lipinski definition) is 2. The molecule has 0 aliphatic carbocycles. The largest absolute Gasteiger partial charge is 0.477 e. The van der Waals surface area contributed by atoms with E-state index in [9.17, 15) is 14.3 Å². The van der Waals surface area contributed by atoms with Crippen molar-refractivity contribution in [1.82, 2.24) is 9.88 Å². The number of nitrogens with one attached hydrogen (secondary N) is 1. The fourth-order valence-electron chi connectivity index (χ4n) is 4.02. The van der Waals surface area contributed by atoms with Gasteiger partial charge < -0.3 is 15.0 Å². The highest BCUT2D eigenvalue weighted by Crippen LogP contribution is 2.29. The van der Waals surface area contributed by atoms with Gasteiger partial charge in [-0.1, -0.05) is 67.3 Å². The maximum absolute atomic E-state index is 14.0. The molecule has 162 valence electrons. The van der Waals surface area contributed by atoms with Crippen LogP contribution in [0.1, 0.15) is 38.3 Å². The first-order chi connectivity index (χ1) is 15.5. The van der Waals surface area contributed by atoms with Gasteiger partial charge in [-0.3, -0.25) is 0 Å². The van der Waals surface area contributed by atoms with Gasteiger partial charge >= 0.3 is 5.97 Å². The van der Waals surface area contributed by atoms with Gasteiger partial charge in [0.05, 0.1) is 0 Å². The lowest BCUT2D eigenvalue weighted by Crippen LogP contribution is -2.17. The first-order valence-electron chi connectivity index (χ1n) is 10.5. The van der Waals surface area contributed by atoms with Crippen LogP contribution in [0.25, 0.3) is 17.0 Å². The Morgan fingerprint density at radius 1 is 1.09 bits per heavy atom. The number of rotatable bonds is 8. The highest BCUT2D eigenvalue weighted by Gasteiger charge is 2.22. The predicted octanol–water partition coefficient (Wildman–Crippen LogP) is 5.77. The number of carbonyl (C=O) groups is 1. The normalized spacial score (nSPS) is 11.1. The van der Waals surface area contributed by atoms with E-state index in [1.165, 1.54) is 6.07 Å². The minimum atomic E-state index is -0.982. The summed E-state index contributed by atoms with van der Waals surface area (Å²) in [5.41, 5.74) is 5.44. The van der Waals surface area contributed by atoms with Gasteiger partial charge in [-0.15, -0.1) is 0 Å². The monoisotopic (exact) mass is 428 g/mol. The zero-order valence-electron chi connectivity index (χ0n) is 17.9. The third kappa shape index (κ3) is 4.34. The third-order valence-corrected chi connectivity index (χ3v) is 5.66. The van der Waals surface area contributed by atoms with Crippen molar-refractivity contribution in [3.8, 4) is 0 Å². The van der Waals surface area contributed by atoms with Crippen LogP contribution in [0.4, 0.5) is 4.39 Å². The SMILES string of the molecule is C=Cc1ccc(Cn2c(C(=O)O)c(CNCc3ccccc3F)c3ccc(C)cc32)cc1. The van der Waals surface area contributed by atoms with E-state index in [1.807, 2.05) is 54.0 Å². The van der Waals surface area contributed by atoms with Crippen molar-refractivity contribution in [2.75, 3.05) is 0 Å². The van der Waals surface area contributed by atoms with Crippen molar-refractivity contribution in [2.45, 2.75) is 26.6 Å². The van der Waals surface area contributed by atoms with Gasteiger partial charge in [-0.2, -0.15) is 0 Å². The molecular weight excluding hydrogens is 403 g/mol. The maximum Gasteiger partial charge on any atom is 0.352 e. The summed E-state index contributed by atoms with van der Waals surface area (Å²) in [5, 5.41) is 14.2. The second-order valence-corrected chi connectivity index (χ2v) is 7.88. The van der Waals surface area contributed by atoms with E-state index in [-0.39, 0.29) is 11.5 Å². The van der Waals surface area contributed by atoms with Crippen LogP contribution in [-0.4, -0.2) is 15.6 Å². The molecule has 4 rings (SSSR count). The van der Waals surface area contributed by atoms with Gasteiger partial charge in [0.1, 0.15) is 11.5 Å². The van der Waals surface area contributed by atoms with Crippen molar-refractivity contribution in [1.29, 1.82) is 0 Å². The van der Waals surface area contributed by atoms with Gasteiger partial charge in [0.15, 0.2) is 0 Å². The second kappa shape index (κ2) is 9.20. The van der Waals surface area contributed by atoms with Gasteiger partial charge in [-0.25, -0.2) is 9.18 Å². The van der Waals surface area contributed by atoms with Crippen LogP contribution in [0.2, 0.25) is 0 Å². The van der Waals surface area contributed by atoms with E-state index >= 15 is 0 Å². The van der Waals surface area contributed by atoms with E-state index < -0.39 is 5.97 Å². The Bertz CT molecular complexity index is 1290. The van der Waals surface area contributed by atoms with Crippen LogP contribution in [-0.2, 0) is 19.6 Å². The summed E-state index contributed by atoms with van der Waals surface area (Å²) >= 11 is 0. The summed E-state index contributed by atoms with van der Waals surface area (Å²) in [5.74, 6) is -1.26. The fraction of sp³-hybridized carbons (Fsp3) is 0.148. The maximum atomic E-state index is 14.0. The first-order valence-corrected chi connectivity index (χ1v) is 10.5. The Kier molecular flexibility index (Phi) is 6.19. The highest BCUT2D eigenvalue weighted by atomic mass is 19.1. The molecule has 0 radical (unpaired) electrons. The number of benzene rings is 3. The van der Waals surface area contributed by atoms with Gasteiger partial charge in [-0.05, 0) is 35.7 Å². The second-order valence-electron chi connectivity index (χ2n) is 7.88. The molecule has 1 heterocycles. The molecule has 0 spiro atoms. The number of nitrogens with zero attached hydrogens (tertiary/aromatic N) is 1. The predicted molar refractivity (Wildman–Crippen MR) is 126 cm³/mol. The standard InChI is InChI=1S/C27H25FN2O2/c1-3-19-9-11-20(12-10-19)17-30-25-14-18(2)8-13-22(25)23(26(30)27(31)32)16-29-15-21-6-4-5-7-24(21)28/h3-14,29H,1,15-17H2,2H3,(H,31,32). The third-order valence-electron chi connectivity index (χ3n) is 5.66. The molecule has 0 aliphatic rings. The average Bonchev–Trinajstić information content (AvgIpc) is 3.08. The molecule has 0 aliphatic heterocycles. The summed E-state index contributed by atoms with van der Waals surface area (Å²) in [7, 11) is 0. The average molecular weight is 429 g/mol. The molecule has 0 bridgehead atoms. The molecular formula is C27H25FN2O2. The van der Waals surface area contributed by atoms with Crippen molar-refractivity contribution >= 4 is 22.9 Å². The minimum Gasteiger partial charge on any atom is -0.477 e. The fourth-order valence-corrected chi connectivity index (χ4v) is 4.02. The molecule has 5 heteroatoms. The molecule has 0 saturated carbocycles. The van der Waals surface area contributed by atoms with E-state index in [0.29, 0.717) is 30.8 Å². The lowest BCUT2D eigenvalue weighted by atomic mass is 10.1. The summed E-state index contributed by atoms with van der Waals surface area (Å²) in [6, 6.07) is 20.5. The quantitative estimate of drug-likeness (QED) is 0.375. The molecule has 4 aromatic rings. The van der Waals surface area contributed by atoms with Crippen LogP contribution in [0.15, 0.2) is 73.3 Å². The number of hydrogen-bond acceptors (Lipinski definition) is 2. The van der Waals surface area contributed by atoms with Crippen molar-refractivity contribution < 1.29 is 14.3 Å². The van der Waals surface area contributed by atoms with Crippen LogP contribution in [0.5, 0.6) is 0 Å².